The lowest BCUT2D eigenvalue weighted by Crippen LogP contribution is -2.38. The van der Waals surface area contributed by atoms with Crippen molar-refractivity contribution >= 4 is 11.7 Å². The molecule has 0 aliphatic rings. The van der Waals surface area contributed by atoms with Gasteiger partial charge >= 0.3 is 6.03 Å². The van der Waals surface area contributed by atoms with Crippen LogP contribution in [-0.4, -0.2) is 31.1 Å². The van der Waals surface area contributed by atoms with E-state index in [2.05, 4.69) is 12.2 Å². The lowest BCUT2D eigenvalue weighted by molar-refractivity contribution is 0.205. The number of urea groups is 1. The molecule has 1 aromatic rings. The summed E-state index contributed by atoms with van der Waals surface area (Å²) in [7, 11) is 3.13. The van der Waals surface area contributed by atoms with Crippen LogP contribution >= 0.6 is 0 Å². The topological polar surface area (TPSA) is 41.6 Å². The van der Waals surface area contributed by atoms with Crippen molar-refractivity contribution in [3.05, 3.63) is 24.0 Å². The molecule has 1 atom stereocenters. The first-order chi connectivity index (χ1) is 8.99. The van der Waals surface area contributed by atoms with Crippen LogP contribution in [0.2, 0.25) is 0 Å². The first-order valence-corrected chi connectivity index (χ1v) is 6.37. The zero-order valence-corrected chi connectivity index (χ0v) is 11.9. The molecule has 0 radical (unpaired) electrons. The van der Waals surface area contributed by atoms with Gasteiger partial charge in [-0.3, -0.25) is 0 Å². The lowest BCUT2D eigenvalue weighted by Gasteiger charge is -2.24. The summed E-state index contributed by atoms with van der Waals surface area (Å²) in [6, 6.07) is 4.24. The normalized spacial score (nSPS) is 11.8. The van der Waals surface area contributed by atoms with Crippen LogP contribution in [0.4, 0.5) is 14.9 Å². The van der Waals surface area contributed by atoms with Gasteiger partial charge in [0.2, 0.25) is 0 Å². The van der Waals surface area contributed by atoms with E-state index in [1.807, 2.05) is 6.92 Å². The molecular weight excluding hydrogens is 247 g/mol. The second-order valence-electron chi connectivity index (χ2n) is 4.53. The Labute approximate surface area is 113 Å². The molecule has 1 aromatic carbocycles. The number of nitrogens with one attached hydrogen (secondary N) is 1. The van der Waals surface area contributed by atoms with Gasteiger partial charge in [0, 0.05) is 24.8 Å². The molecule has 5 heteroatoms. The number of benzene rings is 1. The number of hydrogen-bond acceptors (Lipinski definition) is 2. The molecule has 0 heterocycles. The van der Waals surface area contributed by atoms with Crippen molar-refractivity contribution in [1.29, 1.82) is 0 Å². The molecule has 19 heavy (non-hydrogen) atoms. The van der Waals surface area contributed by atoms with Crippen molar-refractivity contribution in [1.82, 2.24) is 4.90 Å². The summed E-state index contributed by atoms with van der Waals surface area (Å²) >= 11 is 0. The highest BCUT2D eigenvalue weighted by Crippen LogP contribution is 2.21. The fourth-order valence-corrected chi connectivity index (χ4v) is 1.77. The van der Waals surface area contributed by atoms with Crippen molar-refractivity contribution in [2.75, 3.05) is 19.5 Å². The summed E-state index contributed by atoms with van der Waals surface area (Å²) in [5, 5.41) is 2.66. The highest BCUT2D eigenvalue weighted by atomic mass is 19.1. The second-order valence-corrected chi connectivity index (χ2v) is 4.53. The summed E-state index contributed by atoms with van der Waals surface area (Å²) in [6.45, 7) is 4.05. The lowest BCUT2D eigenvalue weighted by atomic mass is 10.2. The summed E-state index contributed by atoms with van der Waals surface area (Å²) in [6.07, 6.45) is 1.94. The number of halogens is 1. The number of methoxy groups -OCH3 is 1. The van der Waals surface area contributed by atoms with Gasteiger partial charge in [-0.1, -0.05) is 13.3 Å². The summed E-state index contributed by atoms with van der Waals surface area (Å²) in [4.78, 5) is 13.6. The van der Waals surface area contributed by atoms with Crippen LogP contribution < -0.4 is 10.1 Å². The van der Waals surface area contributed by atoms with E-state index >= 15 is 0 Å². The highest BCUT2D eigenvalue weighted by molar-refractivity contribution is 5.89. The summed E-state index contributed by atoms with van der Waals surface area (Å²) in [5.41, 5.74) is 0.416. The van der Waals surface area contributed by atoms with Crippen LogP contribution in [0.5, 0.6) is 5.75 Å². The Kier molecular flexibility index (Phi) is 5.60. The van der Waals surface area contributed by atoms with E-state index in [0.29, 0.717) is 5.69 Å². The van der Waals surface area contributed by atoms with Gasteiger partial charge in [-0.05, 0) is 25.5 Å². The zero-order chi connectivity index (χ0) is 14.4. The van der Waals surface area contributed by atoms with Crippen LogP contribution in [0.25, 0.3) is 0 Å². The first kappa shape index (κ1) is 15.3. The van der Waals surface area contributed by atoms with Gasteiger partial charge in [0.05, 0.1) is 7.11 Å². The Bertz CT molecular complexity index is 437. The third-order valence-electron chi connectivity index (χ3n) is 3.09. The Hall–Kier alpha value is -1.78. The molecule has 0 bridgehead atoms. The zero-order valence-electron chi connectivity index (χ0n) is 11.9. The number of carbonyl (C=O) groups is 1. The molecule has 0 aliphatic carbocycles. The molecule has 0 aromatic heterocycles. The number of nitrogens with zero attached hydrogens (tertiary/aromatic N) is 1. The van der Waals surface area contributed by atoms with Crippen molar-refractivity contribution in [2.24, 2.45) is 0 Å². The molecule has 0 unspecified atom stereocenters. The van der Waals surface area contributed by atoms with Gasteiger partial charge in [-0.15, -0.1) is 0 Å². The number of rotatable bonds is 5. The third kappa shape index (κ3) is 4.12. The molecule has 4 nitrogen and oxygen atoms in total. The van der Waals surface area contributed by atoms with Crippen molar-refractivity contribution in [3.8, 4) is 5.75 Å². The van der Waals surface area contributed by atoms with E-state index in [1.54, 1.807) is 18.0 Å². The van der Waals surface area contributed by atoms with E-state index in [1.165, 1.54) is 19.2 Å². The predicted octanol–water partition coefficient (Wildman–Crippen LogP) is 3.49. The minimum atomic E-state index is -0.496. The fraction of sp³-hybridized carbons (Fsp3) is 0.500. The number of ether oxygens (including phenoxy) is 1. The number of anilines is 1. The Morgan fingerprint density at radius 3 is 2.74 bits per heavy atom. The molecule has 0 saturated carbocycles. The molecule has 0 aliphatic heterocycles. The van der Waals surface area contributed by atoms with Gasteiger partial charge in [0.25, 0.3) is 0 Å². The highest BCUT2D eigenvalue weighted by Gasteiger charge is 2.15. The average molecular weight is 268 g/mol. The van der Waals surface area contributed by atoms with E-state index in [0.717, 1.165) is 12.8 Å². The molecule has 2 amide bonds. The molecule has 1 N–H and O–H groups in total. The average Bonchev–Trinajstić information content (AvgIpc) is 2.38. The van der Waals surface area contributed by atoms with Crippen molar-refractivity contribution in [3.63, 3.8) is 0 Å². The van der Waals surface area contributed by atoms with Gasteiger partial charge in [0.1, 0.15) is 0 Å². The largest absolute Gasteiger partial charge is 0.494 e. The second kappa shape index (κ2) is 6.97. The van der Waals surface area contributed by atoms with Gasteiger partial charge in [-0.2, -0.15) is 0 Å². The maximum atomic E-state index is 13.5. The minimum Gasteiger partial charge on any atom is -0.494 e. The van der Waals surface area contributed by atoms with Crippen LogP contribution in [0.3, 0.4) is 0 Å². The fourth-order valence-electron chi connectivity index (χ4n) is 1.77. The van der Waals surface area contributed by atoms with Crippen molar-refractivity contribution < 1.29 is 13.9 Å². The molecule has 0 spiro atoms. The van der Waals surface area contributed by atoms with E-state index < -0.39 is 5.82 Å². The van der Waals surface area contributed by atoms with Crippen LogP contribution in [0, 0.1) is 5.82 Å². The molecule has 1 rings (SSSR count). The van der Waals surface area contributed by atoms with Crippen LogP contribution in [-0.2, 0) is 0 Å². The smallest absolute Gasteiger partial charge is 0.321 e. The van der Waals surface area contributed by atoms with E-state index in [9.17, 15) is 9.18 Å². The summed E-state index contributed by atoms with van der Waals surface area (Å²) < 4.78 is 18.3. The van der Waals surface area contributed by atoms with E-state index in [4.69, 9.17) is 4.74 Å². The first-order valence-electron chi connectivity index (χ1n) is 6.37. The monoisotopic (exact) mass is 268 g/mol. The molecular formula is C14H21FN2O2. The van der Waals surface area contributed by atoms with Gasteiger partial charge in [-0.25, -0.2) is 9.18 Å². The maximum Gasteiger partial charge on any atom is 0.321 e. The molecule has 0 fully saturated rings. The maximum absolute atomic E-state index is 13.5. The van der Waals surface area contributed by atoms with Crippen LogP contribution in [0.15, 0.2) is 18.2 Å². The van der Waals surface area contributed by atoms with Gasteiger partial charge in [0.15, 0.2) is 11.6 Å². The Balaban J connectivity index is 2.69. The van der Waals surface area contributed by atoms with E-state index in [-0.39, 0.29) is 17.8 Å². The number of amides is 2. The number of hydrogen-bond donors (Lipinski definition) is 1. The van der Waals surface area contributed by atoms with Crippen LogP contribution in [0.1, 0.15) is 26.7 Å². The standard InChI is InChI=1S/C14H21FN2O2/c1-5-6-10(2)17(3)14(18)16-11-7-8-13(19-4)12(15)9-11/h7-10H,5-6H2,1-4H3,(H,16,18)/t10-/m0/s1. The Morgan fingerprint density at radius 2 is 2.21 bits per heavy atom. The van der Waals surface area contributed by atoms with Gasteiger partial charge < -0.3 is 15.0 Å². The minimum absolute atomic E-state index is 0.146. The Morgan fingerprint density at radius 1 is 1.53 bits per heavy atom. The molecule has 106 valence electrons. The predicted molar refractivity (Wildman–Crippen MR) is 74.1 cm³/mol. The van der Waals surface area contributed by atoms with Crippen molar-refractivity contribution in [2.45, 2.75) is 32.7 Å². The summed E-state index contributed by atoms with van der Waals surface area (Å²) in [5.74, 6) is -0.338. The number of carbonyl (C=O) groups excluding carboxylic acids is 1. The molecule has 0 saturated heterocycles. The SMILES string of the molecule is CCC[C@H](C)N(C)C(=O)Nc1ccc(OC)c(F)c1. The quantitative estimate of drug-likeness (QED) is 0.888. The third-order valence-corrected chi connectivity index (χ3v) is 3.09.